The van der Waals surface area contributed by atoms with Gasteiger partial charge in [0, 0.05) is 31.0 Å². The number of carbonyl (C=O) groups excluding carboxylic acids is 2. The molecular weight excluding hydrogens is 428 g/mol. The van der Waals surface area contributed by atoms with Crippen molar-refractivity contribution < 1.29 is 19.4 Å². The Morgan fingerprint density at radius 3 is 2.21 bits per heavy atom. The molecule has 1 aliphatic heterocycles. The molecule has 6 heteroatoms. The van der Waals surface area contributed by atoms with Crippen molar-refractivity contribution in [2.45, 2.75) is 19.9 Å². The third kappa shape index (κ3) is 3.92. The Hall–Kier alpha value is -4.06. The number of carbonyl (C=O) groups is 2. The number of anilines is 2. The highest BCUT2D eigenvalue weighted by atomic mass is 16.5. The number of methoxy groups -OCH3 is 1. The lowest BCUT2D eigenvalue weighted by molar-refractivity contribution is -0.132. The molecule has 1 N–H and O–H groups in total. The molecule has 1 fully saturated rings. The first-order valence-electron chi connectivity index (χ1n) is 11.0. The maximum absolute atomic E-state index is 13.4. The smallest absolute Gasteiger partial charge is 0.300 e. The summed E-state index contributed by atoms with van der Waals surface area (Å²) >= 11 is 0. The third-order valence-corrected chi connectivity index (χ3v) is 6.23. The van der Waals surface area contributed by atoms with Gasteiger partial charge in [0.05, 0.1) is 18.7 Å². The van der Waals surface area contributed by atoms with Crippen molar-refractivity contribution >= 4 is 28.8 Å². The molecule has 1 aliphatic rings. The Kier molecular flexibility index (Phi) is 6.16. The van der Waals surface area contributed by atoms with Crippen LogP contribution in [-0.4, -0.2) is 38.0 Å². The molecule has 1 heterocycles. The fraction of sp³-hybridized carbons (Fsp3) is 0.214. The fourth-order valence-electron chi connectivity index (χ4n) is 4.36. The Labute approximate surface area is 199 Å². The fourth-order valence-corrected chi connectivity index (χ4v) is 4.36. The number of Topliss-reactive ketones (excluding diaryl/α,β-unsaturated/α-hetero) is 1. The Morgan fingerprint density at radius 1 is 0.941 bits per heavy atom. The number of para-hydroxylation sites is 1. The second kappa shape index (κ2) is 9.06. The van der Waals surface area contributed by atoms with Crippen molar-refractivity contribution in [3.63, 3.8) is 0 Å². The van der Waals surface area contributed by atoms with E-state index in [-0.39, 0.29) is 11.3 Å². The highest BCUT2D eigenvalue weighted by Crippen LogP contribution is 2.43. The van der Waals surface area contributed by atoms with Gasteiger partial charge in [-0.2, -0.15) is 0 Å². The number of aliphatic hydroxyl groups excluding tert-OH is 1. The lowest BCUT2D eigenvalue weighted by atomic mass is 9.93. The maximum Gasteiger partial charge on any atom is 0.300 e. The number of ketones is 1. The molecule has 4 rings (SSSR count). The predicted octanol–water partition coefficient (Wildman–Crippen LogP) is 5.00. The Morgan fingerprint density at radius 2 is 1.62 bits per heavy atom. The van der Waals surface area contributed by atoms with E-state index >= 15 is 0 Å². The summed E-state index contributed by atoms with van der Waals surface area (Å²) in [5.41, 5.74) is 4.51. The van der Waals surface area contributed by atoms with Crippen molar-refractivity contribution in [2.75, 3.05) is 31.0 Å². The van der Waals surface area contributed by atoms with Gasteiger partial charge in [-0.25, -0.2) is 0 Å². The number of hydrogen-bond acceptors (Lipinski definition) is 5. The molecule has 0 radical (unpaired) electrons. The van der Waals surface area contributed by atoms with Crippen LogP contribution < -0.4 is 14.5 Å². The summed E-state index contributed by atoms with van der Waals surface area (Å²) in [5, 5.41) is 11.4. The monoisotopic (exact) mass is 456 g/mol. The number of aryl methyl sites for hydroxylation is 2. The number of ether oxygens (including phenoxy) is 1. The molecule has 0 aromatic heterocycles. The average molecular weight is 457 g/mol. The van der Waals surface area contributed by atoms with Crippen molar-refractivity contribution in [2.24, 2.45) is 0 Å². The van der Waals surface area contributed by atoms with E-state index < -0.39 is 17.7 Å². The number of nitrogens with zero attached hydrogens (tertiary/aromatic N) is 2. The quantitative estimate of drug-likeness (QED) is 0.332. The van der Waals surface area contributed by atoms with E-state index in [1.807, 2.05) is 81.4 Å². The standard InChI is InChI=1S/C28H28N2O4/c1-17-8-6-7-9-23(17)30-25(19-10-12-20(13-11-19)29(3)4)24(27(32)28(30)33)26(31)22-15-14-21(34-5)16-18(22)2/h6-16,25,31H,1-5H3/b26-24-. The Balaban J connectivity index is 1.95. The van der Waals surface area contributed by atoms with E-state index in [9.17, 15) is 14.7 Å². The van der Waals surface area contributed by atoms with Gasteiger partial charge in [-0.1, -0.05) is 30.3 Å². The van der Waals surface area contributed by atoms with Crippen molar-refractivity contribution in [3.8, 4) is 5.75 Å². The van der Waals surface area contributed by atoms with Crippen LogP contribution in [0.5, 0.6) is 5.75 Å². The van der Waals surface area contributed by atoms with Crippen LogP contribution in [0.3, 0.4) is 0 Å². The number of hydrogen-bond donors (Lipinski definition) is 1. The molecule has 0 saturated carbocycles. The zero-order chi connectivity index (χ0) is 24.6. The normalized spacial score (nSPS) is 17.2. The number of amides is 1. The van der Waals surface area contributed by atoms with Gasteiger partial charge < -0.3 is 14.7 Å². The van der Waals surface area contributed by atoms with Gasteiger partial charge >= 0.3 is 0 Å². The van der Waals surface area contributed by atoms with Crippen LogP contribution in [0.2, 0.25) is 0 Å². The van der Waals surface area contributed by atoms with Crippen LogP contribution in [-0.2, 0) is 9.59 Å². The van der Waals surface area contributed by atoms with E-state index in [1.54, 1.807) is 25.3 Å². The van der Waals surface area contributed by atoms with Crippen LogP contribution in [0.4, 0.5) is 11.4 Å². The van der Waals surface area contributed by atoms with E-state index in [2.05, 4.69) is 0 Å². The second-order valence-corrected chi connectivity index (χ2v) is 8.62. The molecule has 174 valence electrons. The number of rotatable bonds is 5. The minimum atomic E-state index is -0.765. The molecule has 34 heavy (non-hydrogen) atoms. The molecule has 6 nitrogen and oxygen atoms in total. The molecule has 1 atom stereocenters. The molecule has 0 bridgehead atoms. The van der Waals surface area contributed by atoms with Crippen LogP contribution in [0.1, 0.15) is 28.3 Å². The largest absolute Gasteiger partial charge is 0.507 e. The zero-order valence-electron chi connectivity index (χ0n) is 20.0. The van der Waals surface area contributed by atoms with Crippen molar-refractivity contribution in [1.29, 1.82) is 0 Å². The molecule has 3 aromatic carbocycles. The minimum absolute atomic E-state index is 0.0686. The summed E-state index contributed by atoms with van der Waals surface area (Å²) in [5.74, 6) is -0.928. The molecule has 1 amide bonds. The summed E-state index contributed by atoms with van der Waals surface area (Å²) in [6, 6.07) is 19.5. The van der Waals surface area contributed by atoms with Gasteiger partial charge in [0.15, 0.2) is 0 Å². The topological polar surface area (TPSA) is 70.1 Å². The van der Waals surface area contributed by atoms with Gasteiger partial charge in [-0.3, -0.25) is 14.5 Å². The first-order valence-corrected chi connectivity index (χ1v) is 11.0. The van der Waals surface area contributed by atoms with E-state index in [4.69, 9.17) is 4.74 Å². The first kappa shape index (κ1) is 23.1. The maximum atomic E-state index is 13.4. The summed E-state index contributed by atoms with van der Waals surface area (Å²) in [7, 11) is 5.46. The lowest BCUT2D eigenvalue weighted by Crippen LogP contribution is -2.30. The summed E-state index contributed by atoms with van der Waals surface area (Å²) in [6.45, 7) is 3.73. The van der Waals surface area contributed by atoms with E-state index in [0.717, 1.165) is 22.4 Å². The van der Waals surface area contributed by atoms with Crippen LogP contribution >= 0.6 is 0 Å². The summed E-state index contributed by atoms with van der Waals surface area (Å²) in [4.78, 5) is 30.2. The molecule has 0 aliphatic carbocycles. The molecular formula is C28H28N2O4. The van der Waals surface area contributed by atoms with Gasteiger partial charge in [0.2, 0.25) is 0 Å². The molecule has 1 saturated heterocycles. The van der Waals surface area contributed by atoms with E-state index in [0.29, 0.717) is 17.0 Å². The van der Waals surface area contributed by atoms with Gasteiger partial charge in [0.1, 0.15) is 11.5 Å². The van der Waals surface area contributed by atoms with E-state index in [1.165, 1.54) is 4.90 Å². The zero-order valence-corrected chi connectivity index (χ0v) is 20.0. The van der Waals surface area contributed by atoms with Crippen LogP contribution in [0.25, 0.3) is 5.76 Å². The van der Waals surface area contributed by atoms with Crippen molar-refractivity contribution in [1.82, 2.24) is 0 Å². The predicted molar refractivity (Wildman–Crippen MR) is 134 cm³/mol. The van der Waals surface area contributed by atoms with Crippen molar-refractivity contribution in [3.05, 3.63) is 94.6 Å². The second-order valence-electron chi connectivity index (χ2n) is 8.62. The highest BCUT2D eigenvalue weighted by molar-refractivity contribution is 6.51. The van der Waals surface area contributed by atoms with Gasteiger partial charge in [0.25, 0.3) is 11.7 Å². The third-order valence-electron chi connectivity index (χ3n) is 6.23. The number of aliphatic hydroxyl groups is 1. The summed E-state index contributed by atoms with van der Waals surface area (Å²) < 4.78 is 5.27. The minimum Gasteiger partial charge on any atom is -0.507 e. The summed E-state index contributed by atoms with van der Waals surface area (Å²) in [6.07, 6.45) is 0. The molecule has 3 aromatic rings. The average Bonchev–Trinajstić information content (AvgIpc) is 3.09. The van der Waals surface area contributed by atoms with Gasteiger partial charge in [-0.15, -0.1) is 0 Å². The number of benzene rings is 3. The molecule has 0 spiro atoms. The Bertz CT molecular complexity index is 1290. The highest BCUT2D eigenvalue weighted by Gasteiger charge is 2.47. The van der Waals surface area contributed by atoms with Crippen LogP contribution in [0.15, 0.2) is 72.3 Å². The SMILES string of the molecule is COc1ccc(/C(O)=C2/C(=O)C(=O)N(c3ccccc3C)C2c2ccc(N(C)C)cc2)c(C)c1. The van der Waals surface area contributed by atoms with Crippen LogP contribution in [0, 0.1) is 13.8 Å². The first-order chi connectivity index (χ1) is 16.2. The molecule has 1 unspecified atom stereocenters. The lowest BCUT2D eigenvalue weighted by Gasteiger charge is -2.27. The van der Waals surface area contributed by atoms with Gasteiger partial charge in [-0.05, 0) is 66.9 Å².